The van der Waals surface area contributed by atoms with Crippen molar-refractivity contribution in [2.75, 3.05) is 6.61 Å². The van der Waals surface area contributed by atoms with Gasteiger partial charge in [0.2, 0.25) is 0 Å². The van der Waals surface area contributed by atoms with Gasteiger partial charge in [-0.15, -0.1) is 0 Å². The second kappa shape index (κ2) is 4.13. The summed E-state index contributed by atoms with van der Waals surface area (Å²) in [7, 11) is 0. The molecule has 1 rings (SSSR count). The summed E-state index contributed by atoms with van der Waals surface area (Å²) in [6.07, 6.45) is 0. The Bertz CT molecular complexity index is 324. The molecule has 0 heterocycles. The lowest BCUT2D eigenvalue weighted by Gasteiger charge is -2.05. The number of rotatable bonds is 3. The fourth-order valence-electron chi connectivity index (χ4n) is 0.743. The molecule has 1 aromatic rings. The van der Waals surface area contributed by atoms with Crippen LogP contribution in [0.3, 0.4) is 0 Å². The van der Waals surface area contributed by atoms with Crippen LogP contribution in [0.5, 0.6) is 11.5 Å². The highest BCUT2D eigenvalue weighted by atomic mass is 79.9. The molecule has 0 fully saturated rings. The van der Waals surface area contributed by atoms with Gasteiger partial charge in [-0.25, -0.2) is 4.79 Å². The van der Waals surface area contributed by atoms with Gasteiger partial charge in [-0.05, 0) is 18.2 Å². The molecule has 0 aliphatic rings. The Morgan fingerprint density at radius 2 is 2.23 bits per heavy atom. The maximum absolute atomic E-state index is 10.2. The topological polar surface area (TPSA) is 66.8 Å². The van der Waals surface area contributed by atoms with Crippen molar-refractivity contribution < 1.29 is 19.7 Å². The van der Waals surface area contributed by atoms with Gasteiger partial charge in [0.1, 0.15) is 0 Å². The summed E-state index contributed by atoms with van der Waals surface area (Å²) in [5.74, 6) is -1.01. The average Bonchev–Trinajstić information content (AvgIpc) is 2.06. The summed E-state index contributed by atoms with van der Waals surface area (Å²) in [5.41, 5.74) is 0. The Labute approximate surface area is 82.9 Å². The molecule has 0 radical (unpaired) electrons. The van der Waals surface area contributed by atoms with Gasteiger partial charge in [-0.1, -0.05) is 15.9 Å². The van der Waals surface area contributed by atoms with Crippen LogP contribution < -0.4 is 4.74 Å². The van der Waals surface area contributed by atoms with Crippen molar-refractivity contribution >= 4 is 21.9 Å². The normalized spacial score (nSPS) is 9.62. The molecule has 0 unspecified atom stereocenters. The number of aliphatic carboxylic acids is 1. The van der Waals surface area contributed by atoms with Crippen molar-refractivity contribution in [2.24, 2.45) is 0 Å². The highest BCUT2D eigenvalue weighted by molar-refractivity contribution is 9.10. The first-order valence-corrected chi connectivity index (χ1v) is 4.22. The van der Waals surface area contributed by atoms with E-state index in [0.29, 0.717) is 4.47 Å². The molecule has 0 bridgehead atoms. The van der Waals surface area contributed by atoms with E-state index in [4.69, 9.17) is 9.84 Å². The number of ether oxygens (including phenoxy) is 1. The molecule has 5 heteroatoms. The zero-order chi connectivity index (χ0) is 9.84. The molecule has 0 saturated heterocycles. The highest BCUT2D eigenvalue weighted by Gasteiger charge is 2.04. The number of carbonyl (C=O) groups is 1. The van der Waals surface area contributed by atoms with Gasteiger partial charge in [0, 0.05) is 4.47 Å². The third-order valence-corrected chi connectivity index (χ3v) is 1.77. The Kier molecular flexibility index (Phi) is 3.13. The molecule has 70 valence electrons. The summed E-state index contributed by atoms with van der Waals surface area (Å²) >= 11 is 3.16. The maximum atomic E-state index is 10.2. The van der Waals surface area contributed by atoms with Gasteiger partial charge < -0.3 is 14.9 Å². The van der Waals surface area contributed by atoms with Crippen LogP contribution in [0.2, 0.25) is 0 Å². The number of carboxylic acids is 1. The van der Waals surface area contributed by atoms with Crippen LogP contribution in [0.4, 0.5) is 0 Å². The van der Waals surface area contributed by atoms with E-state index in [9.17, 15) is 9.90 Å². The molecular weight excluding hydrogens is 240 g/mol. The first kappa shape index (κ1) is 9.85. The lowest BCUT2D eigenvalue weighted by atomic mass is 10.3. The van der Waals surface area contributed by atoms with Crippen molar-refractivity contribution in [1.82, 2.24) is 0 Å². The minimum atomic E-state index is -1.08. The molecule has 0 aliphatic carbocycles. The van der Waals surface area contributed by atoms with Crippen LogP contribution >= 0.6 is 15.9 Å². The standard InChI is InChI=1S/C8H7BrO4/c9-5-1-2-6(10)7(3-5)13-4-8(11)12/h1-3,10H,4H2,(H,11,12). The van der Waals surface area contributed by atoms with Gasteiger partial charge in [0.15, 0.2) is 18.1 Å². The van der Waals surface area contributed by atoms with E-state index in [2.05, 4.69) is 15.9 Å². The average molecular weight is 247 g/mol. The SMILES string of the molecule is O=C(O)COc1cc(Br)ccc1O. The Morgan fingerprint density at radius 1 is 1.54 bits per heavy atom. The predicted octanol–water partition coefficient (Wildman–Crippen LogP) is 1.62. The molecule has 0 aliphatic heterocycles. The lowest BCUT2D eigenvalue weighted by Crippen LogP contribution is -2.09. The minimum Gasteiger partial charge on any atom is -0.504 e. The molecule has 2 N–H and O–H groups in total. The smallest absolute Gasteiger partial charge is 0.341 e. The molecule has 0 aromatic heterocycles. The zero-order valence-corrected chi connectivity index (χ0v) is 8.11. The second-order valence-electron chi connectivity index (χ2n) is 2.29. The quantitative estimate of drug-likeness (QED) is 0.851. The lowest BCUT2D eigenvalue weighted by molar-refractivity contribution is -0.139. The largest absolute Gasteiger partial charge is 0.504 e. The van der Waals surface area contributed by atoms with Gasteiger partial charge in [-0.2, -0.15) is 0 Å². The van der Waals surface area contributed by atoms with Crippen LogP contribution in [0.25, 0.3) is 0 Å². The Balaban J connectivity index is 2.75. The minimum absolute atomic E-state index is 0.0792. The molecule has 0 atom stereocenters. The number of benzene rings is 1. The van der Waals surface area contributed by atoms with Gasteiger partial charge in [0.25, 0.3) is 0 Å². The number of hydrogen-bond acceptors (Lipinski definition) is 3. The third-order valence-electron chi connectivity index (χ3n) is 1.27. The number of hydrogen-bond donors (Lipinski definition) is 2. The summed E-state index contributed by atoms with van der Waals surface area (Å²) < 4.78 is 5.51. The number of halogens is 1. The molecule has 0 saturated carbocycles. The van der Waals surface area contributed by atoms with Gasteiger partial charge in [-0.3, -0.25) is 0 Å². The van der Waals surface area contributed by atoms with Crippen LogP contribution in [-0.4, -0.2) is 22.8 Å². The van der Waals surface area contributed by atoms with Crippen LogP contribution in [-0.2, 0) is 4.79 Å². The summed E-state index contributed by atoms with van der Waals surface area (Å²) in [6, 6.07) is 4.54. The summed E-state index contributed by atoms with van der Waals surface area (Å²) in [6.45, 7) is -0.468. The van der Waals surface area contributed by atoms with Gasteiger partial charge >= 0.3 is 5.97 Å². The van der Waals surface area contributed by atoms with Crippen molar-refractivity contribution in [1.29, 1.82) is 0 Å². The first-order chi connectivity index (χ1) is 6.09. The van der Waals surface area contributed by atoms with E-state index < -0.39 is 12.6 Å². The zero-order valence-electron chi connectivity index (χ0n) is 6.53. The van der Waals surface area contributed by atoms with E-state index in [1.165, 1.54) is 12.1 Å². The fraction of sp³-hybridized carbons (Fsp3) is 0.125. The molecule has 1 aromatic carbocycles. The second-order valence-corrected chi connectivity index (χ2v) is 3.21. The Morgan fingerprint density at radius 3 is 2.85 bits per heavy atom. The number of phenols is 1. The Hall–Kier alpha value is -1.23. The maximum Gasteiger partial charge on any atom is 0.341 e. The van der Waals surface area contributed by atoms with Crippen molar-refractivity contribution in [3.05, 3.63) is 22.7 Å². The highest BCUT2D eigenvalue weighted by Crippen LogP contribution is 2.28. The first-order valence-electron chi connectivity index (χ1n) is 3.42. The van der Waals surface area contributed by atoms with E-state index in [-0.39, 0.29) is 11.5 Å². The fourth-order valence-corrected chi connectivity index (χ4v) is 1.08. The molecule has 0 spiro atoms. The third kappa shape index (κ3) is 2.95. The molecular formula is C8H7BrO4. The van der Waals surface area contributed by atoms with Crippen LogP contribution in [0, 0.1) is 0 Å². The van der Waals surface area contributed by atoms with E-state index >= 15 is 0 Å². The predicted molar refractivity (Wildman–Crippen MR) is 48.9 cm³/mol. The van der Waals surface area contributed by atoms with Gasteiger partial charge in [0.05, 0.1) is 0 Å². The van der Waals surface area contributed by atoms with Crippen LogP contribution in [0.1, 0.15) is 0 Å². The number of carboxylic acid groups (broad SMARTS) is 1. The summed E-state index contributed by atoms with van der Waals surface area (Å²) in [5, 5.41) is 17.5. The van der Waals surface area contributed by atoms with Crippen molar-refractivity contribution in [3.8, 4) is 11.5 Å². The molecule has 0 amide bonds. The van der Waals surface area contributed by atoms with E-state index in [0.717, 1.165) is 0 Å². The van der Waals surface area contributed by atoms with Crippen LogP contribution in [0.15, 0.2) is 22.7 Å². The van der Waals surface area contributed by atoms with Crippen molar-refractivity contribution in [2.45, 2.75) is 0 Å². The monoisotopic (exact) mass is 246 g/mol. The van der Waals surface area contributed by atoms with E-state index in [1.807, 2.05) is 0 Å². The summed E-state index contributed by atoms with van der Waals surface area (Å²) in [4.78, 5) is 10.2. The number of aromatic hydroxyl groups is 1. The number of phenolic OH excluding ortho intramolecular Hbond substituents is 1. The molecule has 13 heavy (non-hydrogen) atoms. The molecule has 4 nitrogen and oxygen atoms in total. The van der Waals surface area contributed by atoms with Crippen molar-refractivity contribution in [3.63, 3.8) is 0 Å². The van der Waals surface area contributed by atoms with E-state index in [1.54, 1.807) is 6.07 Å².